The van der Waals surface area contributed by atoms with Crippen LogP contribution < -0.4 is 10.3 Å². The lowest BCUT2D eigenvalue weighted by molar-refractivity contribution is 0.313. The molecule has 1 unspecified atom stereocenters. The standard InChI is InChI=1S/C25H26N4O3S/c1-4-5-6-7-8-9-14-32-19-11-12-20-21(16-19)29-23(26-24(20)30)25(27-28-29)33(31)22-13-10-17(2)15-18(22)3/h10-13,15-16,28H,4-5,8-9,14H2,1-3H3. The van der Waals surface area contributed by atoms with Crippen molar-refractivity contribution >= 4 is 27.3 Å². The van der Waals surface area contributed by atoms with E-state index >= 15 is 0 Å². The summed E-state index contributed by atoms with van der Waals surface area (Å²) in [6, 6.07) is 10.9. The van der Waals surface area contributed by atoms with Crippen molar-refractivity contribution in [2.45, 2.75) is 56.4 Å². The van der Waals surface area contributed by atoms with E-state index in [0.717, 1.165) is 36.8 Å². The molecule has 2 heterocycles. The van der Waals surface area contributed by atoms with Gasteiger partial charge in [-0.2, -0.15) is 4.98 Å². The summed E-state index contributed by atoms with van der Waals surface area (Å²) < 4.78 is 20.7. The molecule has 0 aliphatic heterocycles. The van der Waals surface area contributed by atoms with Crippen LogP contribution >= 0.6 is 0 Å². The fourth-order valence-electron chi connectivity index (χ4n) is 3.57. The van der Waals surface area contributed by atoms with Crippen molar-refractivity contribution in [1.82, 2.24) is 19.8 Å². The van der Waals surface area contributed by atoms with Gasteiger partial charge in [0.05, 0.1) is 17.5 Å². The van der Waals surface area contributed by atoms with Gasteiger partial charge in [0.1, 0.15) is 16.5 Å². The second-order valence-electron chi connectivity index (χ2n) is 7.87. The van der Waals surface area contributed by atoms with E-state index in [4.69, 9.17) is 4.74 Å². The zero-order valence-electron chi connectivity index (χ0n) is 19.0. The molecule has 170 valence electrons. The van der Waals surface area contributed by atoms with Gasteiger partial charge >= 0.3 is 0 Å². The molecule has 0 aliphatic rings. The second-order valence-corrected chi connectivity index (χ2v) is 9.23. The van der Waals surface area contributed by atoms with Gasteiger partial charge in [-0.05, 0) is 50.5 Å². The van der Waals surface area contributed by atoms with Crippen molar-refractivity contribution in [2.24, 2.45) is 0 Å². The summed E-state index contributed by atoms with van der Waals surface area (Å²) in [4.78, 5) is 17.5. The van der Waals surface area contributed by atoms with Crippen molar-refractivity contribution in [3.05, 3.63) is 57.9 Å². The molecular weight excluding hydrogens is 436 g/mol. The van der Waals surface area contributed by atoms with Crippen LogP contribution in [-0.4, -0.2) is 30.6 Å². The third-order valence-corrected chi connectivity index (χ3v) is 6.71. The maximum atomic E-state index is 13.3. The van der Waals surface area contributed by atoms with E-state index in [1.165, 1.54) is 0 Å². The maximum Gasteiger partial charge on any atom is 0.281 e. The highest BCUT2D eigenvalue weighted by atomic mass is 32.2. The number of aromatic amines is 1. The van der Waals surface area contributed by atoms with Crippen LogP contribution in [0.3, 0.4) is 0 Å². The van der Waals surface area contributed by atoms with Crippen LogP contribution in [0.5, 0.6) is 5.75 Å². The van der Waals surface area contributed by atoms with Gasteiger partial charge in [0.15, 0.2) is 10.7 Å². The van der Waals surface area contributed by atoms with Crippen LogP contribution in [0.2, 0.25) is 0 Å². The lowest BCUT2D eigenvalue weighted by atomic mass is 10.2. The van der Waals surface area contributed by atoms with E-state index in [1.807, 2.05) is 32.0 Å². The summed E-state index contributed by atoms with van der Waals surface area (Å²) in [6.45, 7) is 6.53. The van der Waals surface area contributed by atoms with Gasteiger partial charge in [-0.1, -0.05) is 24.6 Å². The Bertz CT molecular complexity index is 1460. The molecule has 0 spiro atoms. The number of nitrogens with zero attached hydrogens (tertiary/aromatic N) is 3. The van der Waals surface area contributed by atoms with Crippen LogP contribution in [-0.2, 0) is 10.8 Å². The Kier molecular flexibility index (Phi) is 6.90. The summed E-state index contributed by atoms with van der Waals surface area (Å²) in [6.07, 6.45) is 3.60. The van der Waals surface area contributed by atoms with E-state index in [1.54, 1.807) is 22.7 Å². The highest BCUT2D eigenvalue weighted by molar-refractivity contribution is 7.85. The minimum Gasteiger partial charge on any atom is -0.493 e. The molecular formula is C25H26N4O3S. The molecule has 0 saturated heterocycles. The minimum atomic E-state index is -1.59. The van der Waals surface area contributed by atoms with Gasteiger partial charge < -0.3 is 4.74 Å². The maximum absolute atomic E-state index is 13.3. The predicted molar refractivity (Wildman–Crippen MR) is 129 cm³/mol. The number of H-pyrrole nitrogens is 1. The first-order valence-corrected chi connectivity index (χ1v) is 12.1. The molecule has 0 fully saturated rings. The zero-order chi connectivity index (χ0) is 23.4. The SMILES string of the molecule is CCCC#CCCCOc1ccc2c(=O)nc3c(S(=O)c4ccc(C)cc4C)n[nH]n3c2c1. The number of ether oxygens (including phenoxy) is 1. The molecule has 0 bridgehead atoms. The molecule has 0 aliphatic carbocycles. The summed E-state index contributed by atoms with van der Waals surface area (Å²) in [5.41, 5.74) is 2.40. The summed E-state index contributed by atoms with van der Waals surface area (Å²) in [5, 5.41) is 7.76. The summed E-state index contributed by atoms with van der Waals surface area (Å²) in [5.74, 6) is 6.90. The smallest absolute Gasteiger partial charge is 0.281 e. The van der Waals surface area contributed by atoms with Crippen molar-refractivity contribution in [3.8, 4) is 17.6 Å². The number of aromatic nitrogens is 4. The van der Waals surface area contributed by atoms with E-state index in [9.17, 15) is 9.00 Å². The zero-order valence-corrected chi connectivity index (χ0v) is 19.8. The summed E-state index contributed by atoms with van der Waals surface area (Å²) >= 11 is 0. The van der Waals surface area contributed by atoms with Crippen molar-refractivity contribution in [3.63, 3.8) is 0 Å². The van der Waals surface area contributed by atoms with Crippen LogP contribution in [0.15, 0.2) is 51.1 Å². The Hall–Kier alpha value is -3.44. The molecule has 8 heteroatoms. The van der Waals surface area contributed by atoms with Gasteiger partial charge in [0.25, 0.3) is 5.56 Å². The number of hydrogen-bond acceptors (Lipinski definition) is 5. The van der Waals surface area contributed by atoms with Crippen LogP contribution in [0.1, 0.15) is 43.7 Å². The Labute approximate surface area is 194 Å². The highest BCUT2D eigenvalue weighted by Gasteiger charge is 2.20. The van der Waals surface area contributed by atoms with Crippen molar-refractivity contribution in [2.75, 3.05) is 6.61 Å². The molecule has 1 N–H and O–H groups in total. The second kappa shape index (κ2) is 10.0. The Morgan fingerprint density at radius 2 is 1.94 bits per heavy atom. The number of hydrogen-bond donors (Lipinski definition) is 1. The molecule has 0 amide bonds. The number of aryl methyl sites for hydroxylation is 2. The normalized spacial score (nSPS) is 12.0. The molecule has 7 nitrogen and oxygen atoms in total. The van der Waals surface area contributed by atoms with Gasteiger partial charge in [-0.15, -0.1) is 16.9 Å². The molecule has 33 heavy (non-hydrogen) atoms. The predicted octanol–water partition coefficient (Wildman–Crippen LogP) is 4.32. The molecule has 2 aromatic carbocycles. The number of fused-ring (bicyclic) bond motifs is 3. The van der Waals surface area contributed by atoms with Crippen molar-refractivity contribution in [1.29, 1.82) is 0 Å². The van der Waals surface area contributed by atoms with Gasteiger partial charge in [-0.25, -0.2) is 13.9 Å². The van der Waals surface area contributed by atoms with E-state index < -0.39 is 16.4 Å². The van der Waals surface area contributed by atoms with E-state index in [-0.39, 0.29) is 10.7 Å². The first-order valence-electron chi connectivity index (χ1n) is 11.0. The molecule has 4 rings (SSSR count). The van der Waals surface area contributed by atoms with Gasteiger partial charge in [-0.3, -0.25) is 4.79 Å². The monoisotopic (exact) mass is 462 g/mol. The summed E-state index contributed by atoms with van der Waals surface area (Å²) in [7, 11) is -1.59. The quantitative estimate of drug-likeness (QED) is 0.326. The fourth-order valence-corrected chi connectivity index (χ4v) is 4.74. The third kappa shape index (κ3) is 4.83. The molecule has 0 saturated carbocycles. The average molecular weight is 463 g/mol. The molecule has 4 aromatic rings. The first kappa shape index (κ1) is 22.7. The lowest BCUT2D eigenvalue weighted by Gasteiger charge is -2.07. The number of unbranched alkanes of at least 4 members (excludes halogenated alkanes) is 2. The van der Waals surface area contributed by atoms with Crippen LogP contribution in [0, 0.1) is 25.7 Å². The third-order valence-electron chi connectivity index (χ3n) is 5.22. The van der Waals surface area contributed by atoms with Crippen molar-refractivity contribution < 1.29 is 8.95 Å². The molecule has 2 aromatic heterocycles. The largest absolute Gasteiger partial charge is 0.493 e. The van der Waals surface area contributed by atoms with Gasteiger partial charge in [0, 0.05) is 23.8 Å². The van der Waals surface area contributed by atoms with E-state index in [2.05, 4.69) is 34.1 Å². The number of rotatable bonds is 7. The topological polar surface area (TPSA) is 89.3 Å². The van der Waals surface area contributed by atoms with Crippen LogP contribution in [0.4, 0.5) is 0 Å². The highest BCUT2D eigenvalue weighted by Crippen LogP contribution is 2.24. The number of nitrogens with one attached hydrogen (secondary N) is 1. The molecule has 0 radical (unpaired) electrons. The average Bonchev–Trinajstić information content (AvgIpc) is 3.22. The Balaban J connectivity index is 1.64. The van der Waals surface area contributed by atoms with E-state index in [0.29, 0.717) is 28.2 Å². The van der Waals surface area contributed by atoms with Gasteiger partial charge in [0.2, 0.25) is 0 Å². The first-order chi connectivity index (χ1) is 16.0. The number of benzene rings is 2. The van der Waals surface area contributed by atoms with Crippen LogP contribution in [0.25, 0.3) is 16.6 Å². The Morgan fingerprint density at radius 3 is 2.73 bits per heavy atom. The lowest BCUT2D eigenvalue weighted by Crippen LogP contribution is -2.11. The minimum absolute atomic E-state index is 0.220. The fraction of sp³-hybridized carbons (Fsp3) is 0.320. The molecule has 1 atom stereocenters. The Morgan fingerprint density at radius 1 is 1.12 bits per heavy atom.